The van der Waals surface area contributed by atoms with Crippen molar-refractivity contribution < 1.29 is 9.53 Å². The molecule has 0 fully saturated rings. The lowest BCUT2D eigenvalue weighted by Gasteiger charge is -2.34. The van der Waals surface area contributed by atoms with Crippen LogP contribution in [0.1, 0.15) is 24.5 Å². The first-order valence-electron chi connectivity index (χ1n) is 8.04. The molecule has 0 N–H and O–H groups in total. The van der Waals surface area contributed by atoms with Gasteiger partial charge in [0.25, 0.3) is 0 Å². The summed E-state index contributed by atoms with van der Waals surface area (Å²) < 4.78 is 6.24. The van der Waals surface area contributed by atoms with E-state index in [-0.39, 0.29) is 5.78 Å². The van der Waals surface area contributed by atoms with E-state index >= 15 is 0 Å². The Bertz CT molecular complexity index is 569. The number of Topliss-reactive ketones (excluding diaryl/α,β-unsaturated/α-hetero) is 1. The van der Waals surface area contributed by atoms with E-state index in [1.54, 1.807) is 0 Å². The third-order valence-corrected chi connectivity index (χ3v) is 3.74. The summed E-state index contributed by atoms with van der Waals surface area (Å²) in [5, 5.41) is 0. The highest BCUT2D eigenvalue weighted by molar-refractivity contribution is 5.93. The monoisotopic (exact) mass is 311 g/mol. The van der Waals surface area contributed by atoms with Crippen molar-refractivity contribution in [3.8, 4) is 0 Å². The molecule has 2 aromatic rings. The Morgan fingerprint density at radius 2 is 1.43 bits per heavy atom. The van der Waals surface area contributed by atoms with E-state index in [4.69, 9.17) is 4.74 Å². The summed E-state index contributed by atoms with van der Waals surface area (Å²) in [5.74, 6) is 0.0494. The molecule has 2 rings (SSSR count). The first kappa shape index (κ1) is 17.4. The molecule has 0 aliphatic carbocycles. The number of hydrogen-bond donors (Lipinski definition) is 0. The number of ether oxygens (including phenoxy) is 1. The molecule has 0 amide bonds. The third-order valence-electron chi connectivity index (χ3n) is 3.74. The van der Waals surface area contributed by atoms with Gasteiger partial charge in [0.05, 0.1) is 6.54 Å². The van der Waals surface area contributed by atoms with Crippen molar-refractivity contribution in [2.75, 3.05) is 27.2 Å². The zero-order chi connectivity index (χ0) is 16.7. The molecule has 0 unspecified atom stereocenters. The Balaban J connectivity index is 2.60. The minimum atomic E-state index is -1.05. The van der Waals surface area contributed by atoms with Gasteiger partial charge in [-0.2, -0.15) is 0 Å². The highest BCUT2D eigenvalue weighted by Crippen LogP contribution is 2.35. The number of carbonyl (C=O) groups is 1. The number of ketones is 1. The summed E-state index contributed by atoms with van der Waals surface area (Å²) in [5.41, 5.74) is 0.709. The Morgan fingerprint density at radius 1 is 0.957 bits per heavy atom. The van der Waals surface area contributed by atoms with Crippen LogP contribution >= 0.6 is 0 Å². The maximum atomic E-state index is 13.2. The highest BCUT2D eigenvalue weighted by Gasteiger charge is 2.42. The Morgan fingerprint density at radius 3 is 1.83 bits per heavy atom. The number of hydrogen-bond acceptors (Lipinski definition) is 3. The van der Waals surface area contributed by atoms with E-state index in [9.17, 15) is 4.79 Å². The second kappa shape index (κ2) is 8.04. The Kier molecular flexibility index (Phi) is 6.08. The van der Waals surface area contributed by atoms with Crippen LogP contribution in [0.2, 0.25) is 0 Å². The predicted molar refractivity (Wildman–Crippen MR) is 93.5 cm³/mol. The molecule has 0 saturated heterocycles. The molecule has 2 aromatic carbocycles. The zero-order valence-electron chi connectivity index (χ0n) is 14.2. The zero-order valence-corrected chi connectivity index (χ0v) is 14.2. The Labute approximate surface area is 138 Å². The maximum absolute atomic E-state index is 13.2. The number of likely N-dealkylation sites (N-methyl/N-ethyl adjacent to an activating group) is 1. The van der Waals surface area contributed by atoms with Gasteiger partial charge in [0.15, 0.2) is 11.4 Å². The van der Waals surface area contributed by atoms with Crippen LogP contribution < -0.4 is 0 Å². The van der Waals surface area contributed by atoms with Gasteiger partial charge >= 0.3 is 0 Å². The summed E-state index contributed by atoms with van der Waals surface area (Å²) in [4.78, 5) is 15.1. The number of nitrogens with zero attached hydrogens (tertiary/aromatic N) is 1. The molecule has 0 heterocycles. The van der Waals surface area contributed by atoms with E-state index in [0.717, 1.165) is 17.5 Å². The fourth-order valence-electron chi connectivity index (χ4n) is 2.74. The molecule has 0 spiro atoms. The molecular formula is C20H25NO2. The molecule has 0 atom stereocenters. The standard InChI is InChI=1S/C20H25NO2/c1-4-15-23-20(19(22)16-21(2)3,17-11-7-5-8-12-17)18-13-9-6-10-14-18/h5-14H,4,15-16H2,1-3H3. The molecule has 23 heavy (non-hydrogen) atoms. The number of carbonyl (C=O) groups excluding carboxylic acids is 1. The number of rotatable bonds is 8. The second-order valence-electron chi connectivity index (χ2n) is 5.92. The van der Waals surface area contributed by atoms with E-state index < -0.39 is 5.60 Å². The molecule has 3 nitrogen and oxygen atoms in total. The third kappa shape index (κ3) is 3.87. The van der Waals surface area contributed by atoms with Crippen molar-refractivity contribution in [1.29, 1.82) is 0 Å². The van der Waals surface area contributed by atoms with Crippen molar-refractivity contribution in [3.05, 3.63) is 71.8 Å². The highest BCUT2D eigenvalue weighted by atomic mass is 16.5. The average molecular weight is 311 g/mol. The maximum Gasteiger partial charge on any atom is 0.187 e. The lowest BCUT2D eigenvalue weighted by atomic mass is 9.82. The minimum Gasteiger partial charge on any atom is -0.358 e. The summed E-state index contributed by atoms with van der Waals surface area (Å²) in [6, 6.07) is 19.6. The van der Waals surface area contributed by atoms with Crippen LogP contribution in [0.3, 0.4) is 0 Å². The fourth-order valence-corrected chi connectivity index (χ4v) is 2.74. The van der Waals surface area contributed by atoms with Crippen LogP contribution in [-0.2, 0) is 15.1 Å². The van der Waals surface area contributed by atoms with Gasteiger partial charge in [-0.3, -0.25) is 4.79 Å². The van der Waals surface area contributed by atoms with Crippen molar-refractivity contribution in [1.82, 2.24) is 4.90 Å². The smallest absolute Gasteiger partial charge is 0.187 e. The topological polar surface area (TPSA) is 29.5 Å². The summed E-state index contributed by atoms with van der Waals surface area (Å²) in [6.07, 6.45) is 0.858. The molecule has 0 aromatic heterocycles. The number of benzene rings is 2. The summed E-state index contributed by atoms with van der Waals surface area (Å²) in [6.45, 7) is 2.91. The van der Waals surface area contributed by atoms with Gasteiger partial charge in [0.2, 0.25) is 0 Å². The van der Waals surface area contributed by atoms with Crippen LogP contribution in [0.15, 0.2) is 60.7 Å². The predicted octanol–water partition coefficient (Wildman–Crippen LogP) is 3.49. The SMILES string of the molecule is CCCOC(C(=O)CN(C)C)(c1ccccc1)c1ccccc1. The van der Waals surface area contributed by atoms with Gasteiger partial charge in [0.1, 0.15) is 0 Å². The van der Waals surface area contributed by atoms with Gasteiger partial charge in [-0.1, -0.05) is 67.6 Å². The van der Waals surface area contributed by atoms with Crippen molar-refractivity contribution in [2.45, 2.75) is 18.9 Å². The van der Waals surface area contributed by atoms with Crippen LogP contribution in [0.5, 0.6) is 0 Å². The van der Waals surface area contributed by atoms with Gasteiger partial charge in [0, 0.05) is 6.61 Å². The van der Waals surface area contributed by atoms with E-state index in [2.05, 4.69) is 6.92 Å². The Hall–Kier alpha value is -1.97. The van der Waals surface area contributed by atoms with Crippen molar-refractivity contribution in [3.63, 3.8) is 0 Å². The van der Waals surface area contributed by atoms with Gasteiger partial charge in [-0.05, 0) is 31.6 Å². The summed E-state index contributed by atoms with van der Waals surface area (Å²) >= 11 is 0. The first-order valence-corrected chi connectivity index (χ1v) is 8.04. The lowest BCUT2D eigenvalue weighted by molar-refractivity contribution is -0.141. The van der Waals surface area contributed by atoms with Crippen molar-refractivity contribution >= 4 is 5.78 Å². The molecular weight excluding hydrogens is 286 g/mol. The van der Waals surface area contributed by atoms with Crippen LogP contribution in [-0.4, -0.2) is 37.9 Å². The molecule has 3 heteroatoms. The molecule has 0 aliphatic rings. The van der Waals surface area contributed by atoms with Gasteiger partial charge in [-0.15, -0.1) is 0 Å². The van der Waals surface area contributed by atoms with Crippen LogP contribution in [0, 0.1) is 0 Å². The van der Waals surface area contributed by atoms with Crippen molar-refractivity contribution in [2.24, 2.45) is 0 Å². The molecule has 0 bridgehead atoms. The van der Waals surface area contributed by atoms with E-state index in [1.807, 2.05) is 79.7 Å². The molecule has 0 saturated carbocycles. The van der Waals surface area contributed by atoms with E-state index in [0.29, 0.717) is 13.2 Å². The van der Waals surface area contributed by atoms with Crippen LogP contribution in [0.4, 0.5) is 0 Å². The minimum absolute atomic E-state index is 0.0494. The largest absolute Gasteiger partial charge is 0.358 e. The first-order chi connectivity index (χ1) is 11.1. The van der Waals surface area contributed by atoms with Gasteiger partial charge < -0.3 is 9.64 Å². The molecule has 0 radical (unpaired) electrons. The van der Waals surface area contributed by atoms with Gasteiger partial charge in [-0.25, -0.2) is 0 Å². The van der Waals surface area contributed by atoms with Crippen LogP contribution in [0.25, 0.3) is 0 Å². The average Bonchev–Trinajstić information content (AvgIpc) is 2.57. The normalized spacial score (nSPS) is 11.7. The quantitative estimate of drug-likeness (QED) is 0.747. The fraction of sp³-hybridized carbons (Fsp3) is 0.350. The molecule has 122 valence electrons. The van der Waals surface area contributed by atoms with E-state index in [1.165, 1.54) is 0 Å². The second-order valence-corrected chi connectivity index (χ2v) is 5.92. The summed E-state index contributed by atoms with van der Waals surface area (Å²) in [7, 11) is 3.80. The molecule has 0 aliphatic heterocycles. The lowest BCUT2D eigenvalue weighted by Crippen LogP contribution is -2.44.